The highest BCUT2D eigenvalue weighted by molar-refractivity contribution is 6.16. The summed E-state index contributed by atoms with van der Waals surface area (Å²) in [6.45, 7) is 35.0. The lowest BCUT2D eigenvalue weighted by molar-refractivity contribution is 0.598. The molecule has 22 nitrogen and oxygen atoms in total. The van der Waals surface area contributed by atoms with E-state index in [0.717, 1.165) is 207 Å². The van der Waals surface area contributed by atoms with Crippen LogP contribution in [0.5, 0.6) is 0 Å². The predicted octanol–water partition coefficient (Wildman–Crippen LogP) is 28.9. The van der Waals surface area contributed by atoms with Gasteiger partial charge >= 0.3 is 0 Å². The van der Waals surface area contributed by atoms with E-state index in [1.165, 1.54) is 22.4 Å². The Morgan fingerprint density at radius 3 is 0.882 bits per heavy atom. The molecule has 15 heterocycles. The molecule has 5 aliphatic rings. The number of fused-ring (bicyclic) bond motifs is 20. The molecule has 0 saturated carbocycles. The van der Waals surface area contributed by atoms with Gasteiger partial charge in [0.15, 0.2) is 68.6 Å². The molecule has 10 aromatic heterocycles. The maximum atomic E-state index is 6.39. The first-order valence-corrected chi connectivity index (χ1v) is 47.0. The average Bonchev–Trinajstić information content (AvgIpc) is 1.59. The summed E-state index contributed by atoms with van der Waals surface area (Å²) >= 11 is 0. The molecule has 0 N–H and O–H groups in total. The Labute approximate surface area is 789 Å². The van der Waals surface area contributed by atoms with Gasteiger partial charge in [0.25, 0.3) is 0 Å². The number of aryl methyl sites for hydroxylation is 5. The molecule has 0 spiro atoms. The third kappa shape index (κ3) is 13.7. The van der Waals surface area contributed by atoms with E-state index in [2.05, 4.69) is 337 Å². The monoisotopic (exact) mass is 1790 g/mol. The lowest BCUT2D eigenvalue weighted by atomic mass is 10.1. The van der Waals surface area contributed by atoms with Crippen LogP contribution in [0.4, 0.5) is 91.9 Å². The molecule has 0 radical (unpaired) electrons. The molecular formula is C114H107N17O5. The minimum absolute atomic E-state index is 0.0508. The molecule has 5 aliphatic heterocycles. The van der Waals surface area contributed by atoms with Gasteiger partial charge in [-0.1, -0.05) is 170 Å². The predicted molar refractivity (Wildman–Crippen MR) is 557 cm³/mol. The first-order valence-electron chi connectivity index (χ1n) is 47.0. The van der Waals surface area contributed by atoms with Crippen LogP contribution in [0.25, 0.3) is 110 Å². The average molecular weight is 1800 g/mol. The van der Waals surface area contributed by atoms with E-state index >= 15 is 0 Å². The zero-order valence-corrected chi connectivity index (χ0v) is 79.5. The largest absolute Gasteiger partial charge is 0.454 e. The summed E-state index contributed by atoms with van der Waals surface area (Å²) in [5.74, 6) is 6.55. The molecule has 678 valence electrons. The van der Waals surface area contributed by atoms with Gasteiger partial charge in [-0.25, -0.2) is 34.9 Å². The molecular weight excluding hydrogens is 1690 g/mol. The number of anilines is 16. The van der Waals surface area contributed by atoms with Gasteiger partial charge in [0, 0.05) is 128 Å². The Bertz CT molecular complexity index is 7760. The highest BCUT2D eigenvalue weighted by Gasteiger charge is 2.45. The van der Waals surface area contributed by atoms with Crippen molar-refractivity contribution in [2.45, 2.75) is 160 Å². The first kappa shape index (κ1) is 85.5. The van der Waals surface area contributed by atoms with Crippen LogP contribution in [-0.2, 0) is 0 Å². The van der Waals surface area contributed by atoms with Crippen molar-refractivity contribution in [1.29, 1.82) is 0 Å². The molecule has 0 fully saturated rings. The van der Waals surface area contributed by atoms with Crippen molar-refractivity contribution in [3.05, 3.63) is 320 Å². The second-order valence-electron chi connectivity index (χ2n) is 36.8. The normalized spacial score (nSPS) is 16.5. The highest BCUT2D eigenvalue weighted by Crippen LogP contribution is 2.56. The Balaban J connectivity index is 0.0000000986. The first-order chi connectivity index (χ1) is 66.1. The Morgan fingerprint density at radius 2 is 0.493 bits per heavy atom. The summed E-state index contributed by atoms with van der Waals surface area (Å²) in [4.78, 5) is 55.7. The Hall–Kier alpha value is -16.0. The van der Waals surface area contributed by atoms with E-state index in [4.69, 9.17) is 37.0 Å². The fraction of sp³-hybridized carbons (Fsp3) is 0.219. The zero-order chi connectivity index (χ0) is 93.5. The molecule has 26 rings (SSSR count). The standard InChI is InChI=1S/C26H21N3O.2C23H23N3O.C22H22N4O.C20H18N4O/c1-17-14-15-21-20-11-6-7-13-23(20)30-25(21)24(17)29-18(2)28(19-9-4-3-5-10-19)22-12-8-16-27-26(22)29;1-14(2)25-16(4)26(19-9-7-13-24-23(19)25)21-15(3)11-12-18-17-8-5-6-10-20(17)27-22(18)21;1-14(2)25-16(4)26(23-19(25)9-7-13-24-23)21-15(3)11-12-18-17-8-5-6-10-20(17)27-22(18)21;1-13(2)25-15(4)26(22-21(25)23-11-12-24-22)19-14(3)9-10-17-16-7-5-6-8-18(16)27-20(17)19;1-12-8-9-15-14-6-4-5-7-16(14)25-18(15)17(12)24-13(2)23(3)19-20(24)22-11-10-21-19/h3-16,18H,1-2H3;2*5-14,16H,1-4H3;5-13,15H,1-4H3;4-11,13H,1-3H3. The number of aromatic nitrogens is 7. The van der Waals surface area contributed by atoms with E-state index < -0.39 is 0 Å². The van der Waals surface area contributed by atoms with Gasteiger partial charge in [-0.05, 0) is 217 Å². The molecule has 22 heteroatoms. The third-order valence-corrected chi connectivity index (χ3v) is 27.7. The van der Waals surface area contributed by atoms with E-state index in [1.54, 1.807) is 24.8 Å². The second kappa shape index (κ2) is 33.9. The smallest absolute Gasteiger partial charge is 0.178 e. The number of furan rings is 5. The summed E-state index contributed by atoms with van der Waals surface area (Å²) in [6, 6.07) is 86.8. The third-order valence-electron chi connectivity index (χ3n) is 27.7. The molecule has 0 saturated heterocycles. The molecule has 0 aliphatic carbocycles. The van der Waals surface area contributed by atoms with Crippen molar-refractivity contribution in [2.24, 2.45) is 0 Å². The fourth-order valence-corrected chi connectivity index (χ4v) is 21.6. The van der Waals surface area contributed by atoms with Gasteiger partial charge in [0.1, 0.15) is 58.7 Å². The lowest BCUT2D eigenvalue weighted by Crippen LogP contribution is -2.42. The van der Waals surface area contributed by atoms with E-state index in [0.29, 0.717) is 18.1 Å². The van der Waals surface area contributed by atoms with Crippen molar-refractivity contribution in [3.63, 3.8) is 0 Å². The van der Waals surface area contributed by atoms with E-state index in [-0.39, 0.29) is 30.8 Å². The van der Waals surface area contributed by atoms with E-state index in [1.807, 2.05) is 117 Å². The van der Waals surface area contributed by atoms with Crippen LogP contribution >= 0.6 is 0 Å². The molecule has 11 aromatic carbocycles. The van der Waals surface area contributed by atoms with Crippen LogP contribution in [0.3, 0.4) is 0 Å². The topological polar surface area (TPSA) is 188 Å². The summed E-state index contributed by atoms with van der Waals surface area (Å²) in [5.41, 5.74) is 25.1. The fourth-order valence-electron chi connectivity index (χ4n) is 21.6. The number of para-hydroxylation sites is 6. The Morgan fingerprint density at radius 1 is 0.221 bits per heavy atom. The van der Waals surface area contributed by atoms with Crippen LogP contribution in [0, 0.1) is 34.6 Å². The van der Waals surface area contributed by atoms with Gasteiger partial charge in [-0.3, -0.25) is 14.7 Å². The number of benzene rings is 11. The van der Waals surface area contributed by atoms with Crippen LogP contribution in [0.15, 0.2) is 314 Å². The van der Waals surface area contributed by atoms with Crippen LogP contribution in [0.2, 0.25) is 0 Å². The quantitative estimate of drug-likeness (QED) is 0.133. The van der Waals surface area contributed by atoms with Crippen molar-refractivity contribution >= 4 is 202 Å². The van der Waals surface area contributed by atoms with Crippen molar-refractivity contribution in [2.75, 3.05) is 56.0 Å². The van der Waals surface area contributed by atoms with Crippen LogP contribution < -0.4 is 49.0 Å². The number of pyridine rings is 3. The number of hydrogen-bond acceptors (Lipinski definition) is 22. The molecule has 0 amide bonds. The van der Waals surface area contributed by atoms with Crippen molar-refractivity contribution in [1.82, 2.24) is 34.9 Å². The van der Waals surface area contributed by atoms with Gasteiger partial charge < -0.3 is 56.4 Å². The van der Waals surface area contributed by atoms with Gasteiger partial charge in [0.2, 0.25) is 0 Å². The second-order valence-corrected chi connectivity index (χ2v) is 36.8. The van der Waals surface area contributed by atoms with Crippen molar-refractivity contribution < 1.29 is 22.1 Å². The number of nitrogens with zero attached hydrogens (tertiary/aromatic N) is 17. The SMILES string of the molecule is Cc1ccc2c(oc3ccccc32)c1N1c2cccnc2N(C(C)C)C1C.Cc1ccc2c(oc3ccccc32)c1N1c2ncccc2N(C(C)C)C1C.Cc1ccc2c(oc3ccccc32)c1N1c2ncccc2N(c2ccccc2)C1C.Cc1ccc2c(oc3ccccc32)c1N1c2nccnc2N(C(C)C)C1C.Cc1ccc2c(oc3ccccc32)c1N1c2nccnc2N(C)C1C. The van der Waals surface area contributed by atoms with Crippen LogP contribution in [-0.4, -0.2) is 90.9 Å². The maximum absolute atomic E-state index is 6.39. The summed E-state index contributed by atoms with van der Waals surface area (Å²) < 4.78 is 31.7. The summed E-state index contributed by atoms with van der Waals surface area (Å²) in [7, 11) is 2.05. The molecule has 5 unspecified atom stereocenters. The minimum atomic E-state index is 0.0508. The van der Waals surface area contributed by atoms with Crippen LogP contribution in [0.1, 0.15) is 104 Å². The Kier molecular flexibility index (Phi) is 21.3. The summed E-state index contributed by atoms with van der Waals surface area (Å²) in [5, 5.41) is 11.4. The zero-order valence-electron chi connectivity index (χ0n) is 79.5. The molecule has 21 aromatic rings. The van der Waals surface area contributed by atoms with Gasteiger partial charge in [-0.15, -0.1) is 0 Å². The molecule has 5 atom stereocenters. The van der Waals surface area contributed by atoms with Crippen molar-refractivity contribution in [3.8, 4) is 0 Å². The molecule has 136 heavy (non-hydrogen) atoms. The number of hydrogen-bond donors (Lipinski definition) is 0. The molecule has 0 bridgehead atoms. The lowest BCUT2D eigenvalue weighted by Gasteiger charge is -2.33. The minimum Gasteiger partial charge on any atom is -0.454 e. The number of rotatable bonds is 9. The van der Waals surface area contributed by atoms with Gasteiger partial charge in [0.05, 0.1) is 45.5 Å². The van der Waals surface area contributed by atoms with Gasteiger partial charge in [-0.2, -0.15) is 0 Å². The van der Waals surface area contributed by atoms with E-state index in [9.17, 15) is 0 Å². The summed E-state index contributed by atoms with van der Waals surface area (Å²) in [6.07, 6.45) is 13.2. The maximum Gasteiger partial charge on any atom is 0.178 e. The highest BCUT2D eigenvalue weighted by atomic mass is 16.3.